The van der Waals surface area contributed by atoms with Crippen LogP contribution in [0.1, 0.15) is 56.4 Å². The number of rotatable bonds is 7. The average molecular weight is 571 g/mol. The maximum atomic E-state index is 9.81. The van der Waals surface area contributed by atoms with E-state index in [1.165, 1.54) is 24.1 Å². The van der Waals surface area contributed by atoms with Crippen molar-refractivity contribution in [2.45, 2.75) is 57.5 Å². The summed E-state index contributed by atoms with van der Waals surface area (Å²) in [5.41, 5.74) is 5.12. The molecule has 1 N–H and O–H groups in total. The fourth-order valence-electron chi connectivity index (χ4n) is 7.40. The molecular formula is C33H39ClN6O. The van der Waals surface area contributed by atoms with E-state index < -0.39 is 0 Å². The van der Waals surface area contributed by atoms with Gasteiger partial charge in [-0.15, -0.1) is 0 Å². The first-order valence-electron chi connectivity index (χ1n) is 15.0. The molecule has 0 saturated carbocycles. The zero-order valence-corrected chi connectivity index (χ0v) is 24.8. The number of ether oxygens (including phenoxy) is 1. The van der Waals surface area contributed by atoms with E-state index in [0.29, 0.717) is 29.2 Å². The first-order chi connectivity index (χ1) is 20.0. The molecule has 2 fully saturated rings. The third-order valence-corrected chi connectivity index (χ3v) is 9.50. The highest BCUT2D eigenvalue weighted by Gasteiger charge is 2.49. The van der Waals surface area contributed by atoms with Crippen LogP contribution in [0.15, 0.2) is 48.7 Å². The zero-order chi connectivity index (χ0) is 28.4. The van der Waals surface area contributed by atoms with E-state index in [1.54, 1.807) is 12.3 Å². The summed E-state index contributed by atoms with van der Waals surface area (Å²) in [5.74, 6) is 2.01. The smallest absolute Gasteiger partial charge is 0.146 e. The summed E-state index contributed by atoms with van der Waals surface area (Å²) in [6, 6.07) is 17.3. The normalized spacial score (nSPS) is 24.3. The third-order valence-electron chi connectivity index (χ3n) is 9.29. The molecule has 3 atom stereocenters. The molecule has 1 spiro atoms. The number of hydrogen-bond acceptors (Lipinski definition) is 7. The summed E-state index contributed by atoms with van der Waals surface area (Å²) in [6.07, 6.45) is 6.16. The van der Waals surface area contributed by atoms with Crippen molar-refractivity contribution in [2.24, 2.45) is 5.92 Å². The number of nitrogens with one attached hydrogen (secondary N) is 1. The fraction of sp³-hybridized carbons (Fsp3) is 0.485. The Morgan fingerprint density at radius 1 is 1.22 bits per heavy atom. The van der Waals surface area contributed by atoms with E-state index in [9.17, 15) is 5.26 Å². The van der Waals surface area contributed by atoms with E-state index in [4.69, 9.17) is 21.3 Å². The van der Waals surface area contributed by atoms with Crippen molar-refractivity contribution < 1.29 is 4.74 Å². The summed E-state index contributed by atoms with van der Waals surface area (Å²) in [4.78, 5) is 14.9. The summed E-state index contributed by atoms with van der Waals surface area (Å²) in [7, 11) is 0. The lowest BCUT2D eigenvalue weighted by Crippen LogP contribution is -2.58. The summed E-state index contributed by atoms with van der Waals surface area (Å²) in [6.45, 7) is 10.7. The molecule has 0 radical (unpaired) electrons. The van der Waals surface area contributed by atoms with Gasteiger partial charge in [-0.1, -0.05) is 43.1 Å². The molecule has 0 amide bonds. The molecule has 2 aromatic heterocycles. The maximum Gasteiger partial charge on any atom is 0.146 e. The van der Waals surface area contributed by atoms with Gasteiger partial charge in [0, 0.05) is 55.9 Å². The zero-order valence-electron chi connectivity index (χ0n) is 24.1. The van der Waals surface area contributed by atoms with Gasteiger partial charge in [0.05, 0.1) is 28.6 Å². The number of halogens is 1. The SMILES string of the molecule is CCOc1ccccc1-c1ccc2c(n1)CN(C[C@H]1CCCN1)C[C@@]21CCN(c2ncc(Cl)cc2C#N)C[C@H]1CC. The number of anilines is 1. The molecule has 7 nitrogen and oxygen atoms in total. The number of nitriles is 1. The van der Waals surface area contributed by atoms with E-state index in [2.05, 4.69) is 57.4 Å². The van der Waals surface area contributed by atoms with Gasteiger partial charge in [-0.3, -0.25) is 9.88 Å². The molecule has 41 heavy (non-hydrogen) atoms. The van der Waals surface area contributed by atoms with Crippen LogP contribution in [0.5, 0.6) is 5.75 Å². The average Bonchev–Trinajstić information content (AvgIpc) is 3.50. The minimum absolute atomic E-state index is 0.0123. The van der Waals surface area contributed by atoms with Gasteiger partial charge in [-0.2, -0.15) is 5.26 Å². The molecule has 6 rings (SSSR count). The molecule has 5 heterocycles. The molecular weight excluding hydrogens is 532 g/mol. The molecule has 3 aromatic rings. The van der Waals surface area contributed by atoms with Crippen molar-refractivity contribution in [3.05, 3.63) is 70.5 Å². The van der Waals surface area contributed by atoms with E-state index >= 15 is 0 Å². The lowest BCUT2D eigenvalue weighted by molar-refractivity contribution is 0.0966. The number of fused-ring (bicyclic) bond motifs is 2. The van der Waals surface area contributed by atoms with E-state index in [0.717, 1.165) is 74.9 Å². The van der Waals surface area contributed by atoms with Gasteiger partial charge < -0.3 is 15.0 Å². The van der Waals surface area contributed by atoms with Crippen molar-refractivity contribution in [3.63, 3.8) is 0 Å². The lowest BCUT2D eigenvalue weighted by Gasteiger charge is -2.53. The number of piperidine rings is 1. The number of benzene rings is 1. The maximum absolute atomic E-state index is 9.81. The highest BCUT2D eigenvalue weighted by Crippen LogP contribution is 2.47. The van der Waals surface area contributed by atoms with Crippen LogP contribution in [-0.4, -0.2) is 60.2 Å². The van der Waals surface area contributed by atoms with Gasteiger partial charge in [0.15, 0.2) is 0 Å². The molecule has 0 bridgehead atoms. The Kier molecular flexibility index (Phi) is 8.16. The Hall–Kier alpha value is -3.18. The predicted octanol–water partition coefficient (Wildman–Crippen LogP) is 5.81. The van der Waals surface area contributed by atoms with Crippen molar-refractivity contribution in [1.29, 1.82) is 5.26 Å². The minimum Gasteiger partial charge on any atom is -0.493 e. The van der Waals surface area contributed by atoms with E-state index in [-0.39, 0.29) is 5.41 Å². The Morgan fingerprint density at radius 3 is 2.88 bits per heavy atom. The molecule has 3 aliphatic rings. The Balaban J connectivity index is 1.38. The van der Waals surface area contributed by atoms with Gasteiger partial charge in [-0.25, -0.2) is 4.98 Å². The predicted molar refractivity (Wildman–Crippen MR) is 163 cm³/mol. The van der Waals surface area contributed by atoms with Gasteiger partial charge in [0.1, 0.15) is 17.6 Å². The van der Waals surface area contributed by atoms with Crippen LogP contribution < -0.4 is 15.0 Å². The second kappa shape index (κ2) is 12.0. The van der Waals surface area contributed by atoms with Crippen LogP contribution >= 0.6 is 11.6 Å². The van der Waals surface area contributed by atoms with Gasteiger partial charge in [0.25, 0.3) is 0 Å². The lowest BCUT2D eigenvalue weighted by atomic mass is 9.62. The van der Waals surface area contributed by atoms with Crippen LogP contribution in [-0.2, 0) is 12.0 Å². The van der Waals surface area contributed by atoms with Crippen LogP contribution in [0.4, 0.5) is 5.82 Å². The molecule has 1 aromatic carbocycles. The number of pyridine rings is 2. The van der Waals surface area contributed by atoms with Crippen molar-refractivity contribution in [1.82, 2.24) is 20.2 Å². The Labute approximate surface area is 248 Å². The van der Waals surface area contributed by atoms with Gasteiger partial charge in [-0.05, 0) is 68.5 Å². The Bertz CT molecular complexity index is 1430. The third kappa shape index (κ3) is 5.41. The largest absolute Gasteiger partial charge is 0.493 e. The Morgan fingerprint density at radius 2 is 2.10 bits per heavy atom. The van der Waals surface area contributed by atoms with Crippen LogP contribution in [0.3, 0.4) is 0 Å². The highest BCUT2D eigenvalue weighted by molar-refractivity contribution is 6.30. The quantitative estimate of drug-likeness (QED) is 0.384. The van der Waals surface area contributed by atoms with Crippen LogP contribution in [0, 0.1) is 17.2 Å². The molecule has 214 valence electrons. The highest BCUT2D eigenvalue weighted by atomic mass is 35.5. The van der Waals surface area contributed by atoms with Crippen LogP contribution in [0.25, 0.3) is 11.3 Å². The van der Waals surface area contributed by atoms with Gasteiger partial charge in [0.2, 0.25) is 0 Å². The monoisotopic (exact) mass is 570 g/mol. The topological polar surface area (TPSA) is 77.3 Å². The minimum atomic E-state index is -0.0123. The van der Waals surface area contributed by atoms with E-state index in [1.807, 2.05) is 19.1 Å². The summed E-state index contributed by atoms with van der Waals surface area (Å²) in [5, 5.41) is 14.0. The second-order valence-corrected chi connectivity index (χ2v) is 12.1. The molecule has 2 saturated heterocycles. The van der Waals surface area contributed by atoms with Crippen molar-refractivity contribution in [2.75, 3.05) is 44.2 Å². The fourth-order valence-corrected chi connectivity index (χ4v) is 7.56. The summed E-state index contributed by atoms with van der Waals surface area (Å²) < 4.78 is 5.97. The summed E-state index contributed by atoms with van der Waals surface area (Å²) >= 11 is 6.18. The number of nitrogens with zero attached hydrogens (tertiary/aromatic N) is 5. The number of aromatic nitrogens is 2. The molecule has 0 aliphatic carbocycles. The molecule has 3 aliphatic heterocycles. The first-order valence-corrected chi connectivity index (χ1v) is 15.4. The second-order valence-electron chi connectivity index (χ2n) is 11.7. The van der Waals surface area contributed by atoms with Crippen molar-refractivity contribution >= 4 is 17.4 Å². The first kappa shape index (κ1) is 28.0. The van der Waals surface area contributed by atoms with Crippen LogP contribution in [0.2, 0.25) is 5.02 Å². The standard InChI is InChI=1S/C33H39ClN6O/c1-3-24-19-40(32-23(17-35)16-25(34)18-37-32)15-13-33(24)22-39(20-26-8-7-14-36-26)21-30-28(33)11-12-29(38-30)27-9-5-6-10-31(27)41-4-2/h5-6,9-12,16,18,24,26,36H,3-4,7-8,13-15,19-22H2,1-2H3/t24-,26-,33-/m1/s1. The van der Waals surface area contributed by atoms with Gasteiger partial charge >= 0.3 is 0 Å². The molecule has 0 unspecified atom stereocenters. The number of para-hydroxylation sites is 1. The number of hydrogen-bond donors (Lipinski definition) is 1. The molecule has 8 heteroatoms. The van der Waals surface area contributed by atoms with Crippen molar-refractivity contribution in [3.8, 4) is 23.1 Å².